The molecule has 298 valence electrons. The van der Waals surface area contributed by atoms with E-state index in [0.29, 0.717) is 6.42 Å². The topological polar surface area (TPSA) is 37.3 Å². The number of rotatable bonds is 23. The van der Waals surface area contributed by atoms with Gasteiger partial charge in [0.15, 0.2) is 0 Å². The van der Waals surface area contributed by atoms with Crippen molar-refractivity contribution in [2.75, 3.05) is 0 Å². The molecule has 2 nitrogen and oxygen atoms in total. The van der Waals surface area contributed by atoms with Gasteiger partial charge >= 0.3 is 5.97 Å². The molecule has 0 fully saturated rings. The molecule has 0 aromatic carbocycles. The van der Waals surface area contributed by atoms with E-state index in [1.165, 1.54) is 124 Å². The summed E-state index contributed by atoms with van der Waals surface area (Å²) < 4.78 is 0. The standard InChI is InChI=1S/C52H78O2/c1-42(28-22-30-44(3)35-37-48-46(5)32-24-39-51(48,7)8)26-19-20-27-43(2)29-23-31-45(4)36-38-49-47(6)33-25-41-52(49,9)40-21-17-15-13-11-10-12-14-16-18-34-50(53)54/h19-20,22-23,26-31,35-38H,10-18,21,24-25,32-34,39-41H2,1-9H3,(H,53,54)/b20-19+,28-22+,29-23+,37-35+,38-36+,42-26+,43-27+,44-30+,45-31+/t52-/m0/s1. The smallest absolute Gasteiger partial charge is 0.303 e. The number of carboxylic acid groups (broad SMARTS) is 1. The lowest BCUT2D eigenvalue weighted by molar-refractivity contribution is -0.137. The van der Waals surface area contributed by atoms with Crippen LogP contribution in [0.4, 0.5) is 0 Å². The van der Waals surface area contributed by atoms with Crippen LogP contribution >= 0.6 is 0 Å². The number of allylic oxidation sites excluding steroid dienone is 22. The molecule has 2 aliphatic rings. The molecule has 0 saturated carbocycles. The number of aliphatic carboxylic acids is 1. The lowest BCUT2D eigenvalue weighted by Crippen LogP contribution is -2.23. The molecular weight excluding hydrogens is 657 g/mol. The van der Waals surface area contributed by atoms with Gasteiger partial charge in [0.05, 0.1) is 0 Å². The van der Waals surface area contributed by atoms with Gasteiger partial charge < -0.3 is 5.11 Å². The Labute approximate surface area is 333 Å². The van der Waals surface area contributed by atoms with Crippen LogP contribution in [-0.2, 0) is 4.79 Å². The summed E-state index contributed by atoms with van der Waals surface area (Å²) in [6, 6.07) is 0. The van der Waals surface area contributed by atoms with Gasteiger partial charge in [-0.15, -0.1) is 0 Å². The predicted molar refractivity (Wildman–Crippen MR) is 239 cm³/mol. The molecule has 0 bridgehead atoms. The predicted octanol–water partition coefficient (Wildman–Crippen LogP) is 16.4. The minimum atomic E-state index is -0.665. The summed E-state index contributed by atoms with van der Waals surface area (Å²) in [4.78, 5) is 10.6. The molecule has 0 radical (unpaired) electrons. The molecular formula is C52H78O2. The molecule has 0 unspecified atom stereocenters. The van der Waals surface area contributed by atoms with Crippen LogP contribution < -0.4 is 0 Å². The van der Waals surface area contributed by atoms with Crippen LogP contribution in [0.5, 0.6) is 0 Å². The number of carboxylic acids is 1. The highest BCUT2D eigenvalue weighted by Gasteiger charge is 2.31. The van der Waals surface area contributed by atoms with Crippen molar-refractivity contribution in [3.05, 3.63) is 130 Å². The van der Waals surface area contributed by atoms with Crippen molar-refractivity contribution in [3.8, 4) is 0 Å². The normalized spacial score (nSPS) is 21.1. The second-order valence-corrected chi connectivity index (χ2v) is 17.4. The van der Waals surface area contributed by atoms with E-state index in [1.54, 1.807) is 16.7 Å². The summed E-state index contributed by atoms with van der Waals surface area (Å²) in [5, 5.41) is 8.75. The molecule has 0 aliphatic heterocycles. The fourth-order valence-electron chi connectivity index (χ4n) is 8.12. The Bertz CT molecular complexity index is 1520. The average Bonchev–Trinajstić information content (AvgIpc) is 3.09. The SMILES string of the molecule is CC1=C(/C=C/C(C)=C/C=C/C(C)=C/C=C/C=C(C)/C=C/C=C(C)/C=C/C2=C(C)CCC[C@]2(C)CCCCCCCCCCCCC(=O)O)C(C)(C)CCC1. The molecule has 0 spiro atoms. The third-order valence-corrected chi connectivity index (χ3v) is 11.6. The molecule has 2 rings (SSSR count). The zero-order valence-corrected chi connectivity index (χ0v) is 36.2. The molecule has 0 amide bonds. The van der Waals surface area contributed by atoms with E-state index in [0.717, 1.165) is 12.8 Å². The highest BCUT2D eigenvalue weighted by molar-refractivity contribution is 5.66. The van der Waals surface area contributed by atoms with Crippen LogP contribution in [-0.4, -0.2) is 11.1 Å². The van der Waals surface area contributed by atoms with Gasteiger partial charge in [-0.3, -0.25) is 4.79 Å². The van der Waals surface area contributed by atoms with Crippen molar-refractivity contribution in [1.29, 1.82) is 0 Å². The van der Waals surface area contributed by atoms with Gasteiger partial charge in [-0.25, -0.2) is 0 Å². The number of carbonyl (C=O) groups is 1. The summed E-state index contributed by atoms with van der Waals surface area (Å²) in [6.07, 6.45) is 52.5. The van der Waals surface area contributed by atoms with Crippen molar-refractivity contribution in [3.63, 3.8) is 0 Å². The second kappa shape index (κ2) is 25.6. The first kappa shape index (κ1) is 46.8. The van der Waals surface area contributed by atoms with Gasteiger partial charge in [0.2, 0.25) is 0 Å². The van der Waals surface area contributed by atoms with Crippen molar-refractivity contribution in [2.45, 2.75) is 178 Å². The zero-order valence-electron chi connectivity index (χ0n) is 36.2. The molecule has 0 saturated heterocycles. The molecule has 2 aliphatic carbocycles. The first-order chi connectivity index (χ1) is 25.7. The van der Waals surface area contributed by atoms with E-state index in [4.69, 9.17) is 5.11 Å². The molecule has 1 N–H and O–H groups in total. The van der Waals surface area contributed by atoms with Crippen molar-refractivity contribution < 1.29 is 9.90 Å². The van der Waals surface area contributed by atoms with E-state index >= 15 is 0 Å². The third-order valence-electron chi connectivity index (χ3n) is 11.6. The number of unbranched alkanes of at least 4 members (excludes halogenated alkanes) is 9. The largest absolute Gasteiger partial charge is 0.481 e. The molecule has 54 heavy (non-hydrogen) atoms. The first-order valence-electron chi connectivity index (χ1n) is 21.4. The van der Waals surface area contributed by atoms with E-state index in [1.807, 2.05) is 0 Å². The zero-order chi connectivity index (χ0) is 39.8. The summed E-state index contributed by atoms with van der Waals surface area (Å²) in [5.74, 6) is -0.665. The second-order valence-electron chi connectivity index (χ2n) is 17.4. The van der Waals surface area contributed by atoms with E-state index in [9.17, 15) is 4.79 Å². The highest BCUT2D eigenvalue weighted by atomic mass is 16.4. The lowest BCUT2D eigenvalue weighted by Gasteiger charge is -2.37. The first-order valence-corrected chi connectivity index (χ1v) is 21.4. The van der Waals surface area contributed by atoms with Gasteiger partial charge in [-0.05, 0) is 115 Å². The van der Waals surface area contributed by atoms with Gasteiger partial charge in [0.25, 0.3) is 0 Å². The Kier molecular flexibility index (Phi) is 22.2. The highest BCUT2D eigenvalue weighted by Crippen LogP contribution is 2.45. The number of hydrogen-bond acceptors (Lipinski definition) is 1. The minimum Gasteiger partial charge on any atom is -0.481 e. The Morgan fingerprint density at radius 3 is 1.46 bits per heavy atom. The summed E-state index contributed by atoms with van der Waals surface area (Å²) in [7, 11) is 0. The van der Waals surface area contributed by atoms with Crippen LogP contribution in [0, 0.1) is 10.8 Å². The quantitative estimate of drug-likeness (QED) is 0.0838. The van der Waals surface area contributed by atoms with Crippen LogP contribution in [0.15, 0.2) is 130 Å². The molecule has 0 aromatic rings. The number of hydrogen-bond donors (Lipinski definition) is 1. The Balaban J connectivity index is 1.79. The monoisotopic (exact) mass is 735 g/mol. The van der Waals surface area contributed by atoms with Crippen LogP contribution in [0.3, 0.4) is 0 Å². The van der Waals surface area contributed by atoms with Gasteiger partial charge in [0.1, 0.15) is 0 Å². The fraction of sp³-hybridized carbons (Fsp3) is 0.558. The lowest BCUT2D eigenvalue weighted by atomic mass is 9.68. The third kappa shape index (κ3) is 19.3. The van der Waals surface area contributed by atoms with E-state index in [-0.39, 0.29) is 10.8 Å². The van der Waals surface area contributed by atoms with E-state index < -0.39 is 5.97 Å². The van der Waals surface area contributed by atoms with Crippen molar-refractivity contribution in [2.24, 2.45) is 10.8 Å². The maximum absolute atomic E-state index is 10.6. The Morgan fingerprint density at radius 1 is 0.556 bits per heavy atom. The van der Waals surface area contributed by atoms with Crippen molar-refractivity contribution >= 4 is 5.97 Å². The maximum atomic E-state index is 10.6. The fourth-order valence-corrected chi connectivity index (χ4v) is 8.12. The van der Waals surface area contributed by atoms with Crippen LogP contribution in [0.1, 0.15) is 178 Å². The Hall–Kier alpha value is -3.39. The van der Waals surface area contributed by atoms with Gasteiger partial charge in [-0.2, -0.15) is 0 Å². The summed E-state index contributed by atoms with van der Waals surface area (Å²) >= 11 is 0. The minimum absolute atomic E-state index is 0.280. The maximum Gasteiger partial charge on any atom is 0.303 e. The summed E-state index contributed by atoms with van der Waals surface area (Å²) in [6.45, 7) is 20.6. The Morgan fingerprint density at radius 2 is 0.963 bits per heavy atom. The molecule has 1 atom stereocenters. The van der Waals surface area contributed by atoms with Crippen molar-refractivity contribution in [1.82, 2.24) is 0 Å². The average molecular weight is 735 g/mol. The van der Waals surface area contributed by atoms with E-state index in [2.05, 4.69) is 147 Å². The van der Waals surface area contributed by atoms with Gasteiger partial charge in [-0.1, -0.05) is 197 Å². The molecule has 2 heteroatoms. The van der Waals surface area contributed by atoms with Crippen LogP contribution in [0.25, 0.3) is 0 Å². The van der Waals surface area contributed by atoms with Crippen LogP contribution in [0.2, 0.25) is 0 Å². The molecule has 0 aromatic heterocycles. The summed E-state index contributed by atoms with van der Waals surface area (Å²) in [5.41, 5.74) is 11.8. The van der Waals surface area contributed by atoms with Gasteiger partial charge in [0, 0.05) is 6.42 Å². The molecule has 0 heterocycles.